The van der Waals surface area contributed by atoms with E-state index in [-0.39, 0.29) is 0 Å². The van der Waals surface area contributed by atoms with Crippen LogP contribution in [0, 0.1) is 0 Å². The van der Waals surface area contributed by atoms with Crippen molar-refractivity contribution in [2.24, 2.45) is 0 Å². The summed E-state index contributed by atoms with van der Waals surface area (Å²) in [5.41, 5.74) is 3.57. The normalized spacial score (nSPS) is 11.8. The van der Waals surface area contributed by atoms with Crippen molar-refractivity contribution in [3.8, 4) is 5.69 Å². The highest BCUT2D eigenvalue weighted by molar-refractivity contribution is 7.07. The molecule has 6 aromatic rings. The molecule has 0 aliphatic heterocycles. The van der Waals surface area contributed by atoms with Crippen LogP contribution in [0.1, 0.15) is 0 Å². The molecular weight excluding hydrogens is 430 g/mol. The lowest BCUT2D eigenvalue weighted by molar-refractivity contribution is 0.426. The maximum absolute atomic E-state index is 6.59. The average Bonchev–Trinajstić information content (AvgIpc) is 3.25. The molecule has 1 aromatic heterocycles. The number of nitrogens with zero attached hydrogens (tertiary/aromatic N) is 1. The van der Waals surface area contributed by atoms with Gasteiger partial charge in [-0.3, -0.25) is 0 Å². The maximum Gasteiger partial charge on any atom is 0.288 e. The zero-order valence-electron chi connectivity index (χ0n) is 19.1. The quantitative estimate of drug-likeness (QED) is 0.251. The molecule has 3 heteroatoms. The summed E-state index contributed by atoms with van der Waals surface area (Å²) in [4.78, 5) is 0. The second-order valence-corrected chi connectivity index (χ2v) is 12.0. The van der Waals surface area contributed by atoms with Crippen molar-refractivity contribution < 1.29 is 4.43 Å². The summed E-state index contributed by atoms with van der Waals surface area (Å²) in [6, 6.07) is 47.6. The molecule has 1 heterocycles. The minimum Gasteiger partial charge on any atom is -0.408 e. The Kier molecular flexibility index (Phi) is 5.14. The van der Waals surface area contributed by atoms with Crippen molar-refractivity contribution in [2.45, 2.75) is 0 Å². The predicted octanol–water partition coefficient (Wildman–Crippen LogP) is 5.40. The lowest BCUT2D eigenvalue weighted by atomic mass is 10.1. The van der Waals surface area contributed by atoms with Crippen molar-refractivity contribution in [1.29, 1.82) is 0 Å². The average molecular weight is 456 g/mol. The predicted molar refractivity (Wildman–Crippen MR) is 145 cm³/mol. The highest BCUT2D eigenvalue weighted by atomic mass is 28.4. The zero-order valence-corrected chi connectivity index (χ0v) is 20.1. The van der Waals surface area contributed by atoms with Crippen LogP contribution in [0.15, 0.2) is 133 Å². The summed E-state index contributed by atoms with van der Waals surface area (Å²) < 4.78 is 8.97. The lowest BCUT2D eigenvalue weighted by Crippen LogP contribution is -2.68. The molecule has 0 N–H and O–H groups in total. The second kappa shape index (κ2) is 8.45. The van der Waals surface area contributed by atoms with E-state index < -0.39 is 8.32 Å². The van der Waals surface area contributed by atoms with Crippen LogP contribution < -0.4 is 15.6 Å². The molecule has 0 atom stereocenters. The van der Waals surface area contributed by atoms with Crippen molar-refractivity contribution in [1.82, 2.24) is 4.57 Å². The number of hydrogen-bond acceptors (Lipinski definition) is 1. The molecule has 0 aliphatic rings. The van der Waals surface area contributed by atoms with Crippen LogP contribution in [-0.2, 0) is 4.43 Å². The van der Waals surface area contributed by atoms with Crippen molar-refractivity contribution >= 4 is 45.7 Å². The molecule has 0 bridgehead atoms. The summed E-state index contributed by atoms with van der Waals surface area (Å²) in [7, 11) is -0.837. The van der Waals surface area contributed by atoms with Crippen LogP contribution in [0.25, 0.3) is 27.5 Å². The van der Waals surface area contributed by atoms with Crippen LogP contribution in [0.4, 0.5) is 0 Å². The van der Waals surface area contributed by atoms with Gasteiger partial charge < -0.3 is 8.99 Å². The van der Waals surface area contributed by atoms with Crippen LogP contribution >= 0.6 is 0 Å². The molecular formula is C31H25NOSi. The van der Waals surface area contributed by atoms with Crippen molar-refractivity contribution in [2.75, 3.05) is 7.11 Å². The Labute approximate surface area is 200 Å². The standard InChI is InChI=1S/C31H25NOSi/c1-33-34(25-15-7-3-8-16-25,26-17-9-4-10-18-26)27-21-22-29-28-19-11-12-20-30(28)32(31(29)23-27)24-13-5-2-6-14-24/h2-23H,1H3. The van der Waals surface area contributed by atoms with Crippen molar-refractivity contribution in [3.05, 3.63) is 133 Å². The van der Waals surface area contributed by atoms with Gasteiger partial charge in [0.25, 0.3) is 8.32 Å². The summed E-state index contributed by atoms with van der Waals surface area (Å²) in [6.07, 6.45) is 0. The number of rotatable bonds is 5. The minimum absolute atomic E-state index is 1.16. The monoisotopic (exact) mass is 455 g/mol. The molecule has 0 saturated heterocycles. The van der Waals surface area contributed by atoms with E-state index in [1.165, 1.54) is 37.4 Å². The smallest absolute Gasteiger partial charge is 0.288 e. The van der Waals surface area contributed by atoms with Gasteiger partial charge in [-0.15, -0.1) is 0 Å². The van der Waals surface area contributed by atoms with Gasteiger partial charge >= 0.3 is 0 Å². The SMILES string of the molecule is CO[Si](c1ccccc1)(c1ccccc1)c1ccc2c3ccccc3n(-c3ccccc3)c2c1. The third-order valence-corrected chi connectivity index (χ3v) is 10.8. The van der Waals surface area contributed by atoms with Gasteiger partial charge in [-0.25, -0.2) is 0 Å². The highest BCUT2D eigenvalue weighted by Gasteiger charge is 2.41. The third kappa shape index (κ3) is 3.13. The van der Waals surface area contributed by atoms with Gasteiger partial charge in [-0.05, 0) is 39.8 Å². The fourth-order valence-electron chi connectivity index (χ4n) is 5.24. The molecule has 164 valence electrons. The summed E-state index contributed by atoms with van der Waals surface area (Å²) in [5, 5.41) is 6.23. The van der Waals surface area contributed by atoms with E-state index >= 15 is 0 Å². The van der Waals surface area contributed by atoms with Crippen LogP contribution in [-0.4, -0.2) is 20.0 Å². The summed E-state index contributed by atoms with van der Waals surface area (Å²) in [5.74, 6) is 0. The fraction of sp³-hybridized carbons (Fsp3) is 0.0323. The largest absolute Gasteiger partial charge is 0.408 e. The van der Waals surface area contributed by atoms with E-state index in [0.717, 1.165) is 5.69 Å². The topological polar surface area (TPSA) is 14.2 Å². The number of aromatic nitrogens is 1. The Morgan fingerprint density at radius 2 is 1.03 bits per heavy atom. The first-order chi connectivity index (χ1) is 16.8. The first kappa shape index (κ1) is 20.7. The molecule has 0 saturated carbocycles. The van der Waals surface area contributed by atoms with E-state index in [1.54, 1.807) is 0 Å². The highest BCUT2D eigenvalue weighted by Crippen LogP contribution is 2.31. The maximum atomic E-state index is 6.59. The molecule has 0 fully saturated rings. The summed E-state index contributed by atoms with van der Waals surface area (Å²) >= 11 is 0. The van der Waals surface area contributed by atoms with Gasteiger partial charge in [0.15, 0.2) is 0 Å². The number of para-hydroxylation sites is 2. The van der Waals surface area contributed by atoms with E-state index in [0.29, 0.717) is 0 Å². The molecule has 0 spiro atoms. The van der Waals surface area contributed by atoms with Gasteiger partial charge in [0.1, 0.15) is 0 Å². The molecule has 0 aliphatic carbocycles. The molecule has 0 unspecified atom stereocenters. The number of benzene rings is 5. The van der Waals surface area contributed by atoms with Gasteiger partial charge in [0.05, 0.1) is 11.0 Å². The van der Waals surface area contributed by atoms with E-state index in [1.807, 2.05) is 7.11 Å². The van der Waals surface area contributed by atoms with E-state index in [2.05, 4.69) is 138 Å². The van der Waals surface area contributed by atoms with Crippen LogP contribution in [0.2, 0.25) is 0 Å². The van der Waals surface area contributed by atoms with E-state index in [4.69, 9.17) is 4.43 Å². The number of hydrogen-bond donors (Lipinski definition) is 0. The van der Waals surface area contributed by atoms with Crippen molar-refractivity contribution in [3.63, 3.8) is 0 Å². The Morgan fingerprint density at radius 1 is 0.500 bits per heavy atom. The van der Waals surface area contributed by atoms with Gasteiger partial charge in [0, 0.05) is 23.6 Å². The molecule has 6 rings (SSSR count). The van der Waals surface area contributed by atoms with E-state index in [9.17, 15) is 0 Å². The third-order valence-electron chi connectivity index (χ3n) is 6.76. The zero-order chi connectivity index (χ0) is 23.0. The lowest BCUT2D eigenvalue weighted by Gasteiger charge is -2.31. The molecule has 34 heavy (non-hydrogen) atoms. The second-order valence-electron chi connectivity index (χ2n) is 8.54. The Morgan fingerprint density at radius 3 is 1.65 bits per heavy atom. The molecule has 0 radical (unpaired) electrons. The first-order valence-corrected chi connectivity index (χ1v) is 13.5. The van der Waals surface area contributed by atoms with Gasteiger partial charge in [-0.2, -0.15) is 0 Å². The Bertz CT molecular complexity index is 1530. The van der Waals surface area contributed by atoms with Gasteiger partial charge in [0.2, 0.25) is 0 Å². The van der Waals surface area contributed by atoms with Crippen LogP contribution in [0.3, 0.4) is 0 Å². The molecule has 0 amide bonds. The Hall–Kier alpha value is -3.92. The molecule has 2 nitrogen and oxygen atoms in total. The number of fused-ring (bicyclic) bond motifs is 3. The minimum atomic E-state index is -2.70. The van der Waals surface area contributed by atoms with Gasteiger partial charge in [-0.1, -0.05) is 109 Å². The first-order valence-electron chi connectivity index (χ1n) is 11.6. The van der Waals surface area contributed by atoms with Crippen LogP contribution in [0.5, 0.6) is 0 Å². The molecule has 5 aromatic carbocycles. The Balaban J connectivity index is 1.71. The summed E-state index contributed by atoms with van der Waals surface area (Å²) in [6.45, 7) is 0. The fourth-order valence-corrected chi connectivity index (χ4v) is 8.93.